The standard InChI is InChI=1S/C10H22N2O2/c1-8-6-12(5-4-9(8)11)7-10(13-2)14-3/h8-10H,4-7,11H2,1-3H3. The van der Waals surface area contributed by atoms with Crippen LogP contribution in [0.25, 0.3) is 0 Å². The van der Waals surface area contributed by atoms with Gasteiger partial charge in [0.25, 0.3) is 0 Å². The maximum atomic E-state index is 5.95. The quantitative estimate of drug-likeness (QED) is 0.665. The number of hydrogen-bond acceptors (Lipinski definition) is 4. The van der Waals surface area contributed by atoms with Gasteiger partial charge >= 0.3 is 0 Å². The molecule has 0 saturated carbocycles. The largest absolute Gasteiger partial charge is 0.355 e. The summed E-state index contributed by atoms with van der Waals surface area (Å²) in [6, 6.07) is 0.356. The van der Waals surface area contributed by atoms with Gasteiger partial charge in [-0.3, -0.25) is 4.90 Å². The molecule has 14 heavy (non-hydrogen) atoms. The Morgan fingerprint density at radius 2 is 2.07 bits per heavy atom. The van der Waals surface area contributed by atoms with Gasteiger partial charge in [-0.25, -0.2) is 0 Å². The van der Waals surface area contributed by atoms with Crippen molar-refractivity contribution in [1.82, 2.24) is 4.90 Å². The van der Waals surface area contributed by atoms with Gasteiger partial charge in [-0.15, -0.1) is 0 Å². The average molecular weight is 202 g/mol. The number of hydrogen-bond donors (Lipinski definition) is 1. The van der Waals surface area contributed by atoms with Crippen LogP contribution in [-0.2, 0) is 9.47 Å². The molecule has 0 amide bonds. The zero-order valence-corrected chi connectivity index (χ0v) is 9.40. The molecule has 0 aliphatic carbocycles. The van der Waals surface area contributed by atoms with Gasteiger partial charge in [0, 0.05) is 33.4 Å². The molecule has 2 atom stereocenters. The van der Waals surface area contributed by atoms with E-state index < -0.39 is 0 Å². The van der Waals surface area contributed by atoms with Crippen LogP contribution in [0.2, 0.25) is 0 Å². The molecule has 2 unspecified atom stereocenters. The van der Waals surface area contributed by atoms with Crippen molar-refractivity contribution in [2.45, 2.75) is 25.7 Å². The lowest BCUT2D eigenvalue weighted by Gasteiger charge is -2.36. The maximum Gasteiger partial charge on any atom is 0.169 e. The minimum atomic E-state index is -0.114. The lowest BCUT2D eigenvalue weighted by molar-refractivity contribution is -0.119. The van der Waals surface area contributed by atoms with Crippen molar-refractivity contribution in [2.75, 3.05) is 33.9 Å². The summed E-state index contributed by atoms with van der Waals surface area (Å²) in [7, 11) is 3.35. The Balaban J connectivity index is 2.32. The van der Waals surface area contributed by atoms with Crippen LogP contribution in [-0.4, -0.2) is 51.1 Å². The normalized spacial score (nSPS) is 29.8. The SMILES string of the molecule is COC(CN1CCC(N)C(C)C1)OC. The smallest absolute Gasteiger partial charge is 0.169 e. The van der Waals surface area contributed by atoms with Gasteiger partial charge in [0.1, 0.15) is 0 Å². The molecular formula is C10H22N2O2. The van der Waals surface area contributed by atoms with E-state index in [9.17, 15) is 0 Å². The third-order valence-corrected chi connectivity index (χ3v) is 2.99. The molecule has 0 radical (unpaired) electrons. The zero-order valence-electron chi connectivity index (χ0n) is 9.40. The summed E-state index contributed by atoms with van der Waals surface area (Å²) in [5, 5.41) is 0. The van der Waals surface area contributed by atoms with E-state index in [1.54, 1.807) is 14.2 Å². The van der Waals surface area contributed by atoms with E-state index in [0.29, 0.717) is 12.0 Å². The number of piperidine rings is 1. The van der Waals surface area contributed by atoms with E-state index in [0.717, 1.165) is 26.1 Å². The van der Waals surface area contributed by atoms with Crippen molar-refractivity contribution in [3.8, 4) is 0 Å². The highest BCUT2D eigenvalue weighted by molar-refractivity contribution is 4.80. The van der Waals surface area contributed by atoms with Crippen LogP contribution >= 0.6 is 0 Å². The third kappa shape index (κ3) is 3.20. The molecule has 0 spiro atoms. The molecule has 0 aromatic carbocycles. The summed E-state index contributed by atoms with van der Waals surface area (Å²) in [6.07, 6.45) is 0.956. The summed E-state index contributed by atoms with van der Waals surface area (Å²) in [4.78, 5) is 2.35. The van der Waals surface area contributed by atoms with Crippen molar-refractivity contribution in [3.63, 3.8) is 0 Å². The van der Waals surface area contributed by atoms with Crippen LogP contribution in [0.1, 0.15) is 13.3 Å². The number of nitrogens with zero attached hydrogens (tertiary/aromatic N) is 1. The van der Waals surface area contributed by atoms with Crippen molar-refractivity contribution < 1.29 is 9.47 Å². The first-order valence-corrected chi connectivity index (χ1v) is 5.21. The monoisotopic (exact) mass is 202 g/mol. The Labute approximate surface area is 86.3 Å². The van der Waals surface area contributed by atoms with Crippen LogP contribution in [0, 0.1) is 5.92 Å². The Morgan fingerprint density at radius 3 is 2.57 bits per heavy atom. The number of likely N-dealkylation sites (tertiary alicyclic amines) is 1. The summed E-state index contributed by atoms with van der Waals surface area (Å²) >= 11 is 0. The first-order chi connectivity index (χ1) is 6.67. The second-order valence-corrected chi connectivity index (χ2v) is 4.09. The van der Waals surface area contributed by atoms with E-state index in [-0.39, 0.29) is 6.29 Å². The number of ether oxygens (including phenoxy) is 2. The number of methoxy groups -OCH3 is 2. The molecule has 1 fully saturated rings. The van der Waals surface area contributed by atoms with Crippen molar-refractivity contribution in [1.29, 1.82) is 0 Å². The molecule has 0 aromatic rings. The molecule has 1 rings (SSSR count). The van der Waals surface area contributed by atoms with Crippen LogP contribution in [0.3, 0.4) is 0 Å². The van der Waals surface area contributed by atoms with Gasteiger partial charge in [-0.2, -0.15) is 0 Å². The Kier molecular flexibility index (Phi) is 4.81. The van der Waals surface area contributed by atoms with E-state index in [1.807, 2.05) is 0 Å². The topological polar surface area (TPSA) is 47.7 Å². The van der Waals surface area contributed by atoms with E-state index >= 15 is 0 Å². The zero-order chi connectivity index (χ0) is 10.6. The van der Waals surface area contributed by atoms with E-state index in [1.165, 1.54) is 0 Å². The van der Waals surface area contributed by atoms with E-state index in [4.69, 9.17) is 15.2 Å². The fourth-order valence-corrected chi connectivity index (χ4v) is 1.87. The fourth-order valence-electron chi connectivity index (χ4n) is 1.87. The lowest BCUT2D eigenvalue weighted by Crippen LogP contribution is -2.48. The van der Waals surface area contributed by atoms with Gasteiger partial charge in [-0.1, -0.05) is 6.92 Å². The molecule has 1 heterocycles. The molecule has 1 saturated heterocycles. The first-order valence-electron chi connectivity index (χ1n) is 5.21. The van der Waals surface area contributed by atoms with Crippen molar-refractivity contribution >= 4 is 0 Å². The molecule has 4 heteroatoms. The van der Waals surface area contributed by atoms with Gasteiger partial charge in [-0.05, 0) is 18.9 Å². The maximum absolute atomic E-state index is 5.95. The van der Waals surface area contributed by atoms with Crippen LogP contribution < -0.4 is 5.73 Å². The highest BCUT2D eigenvalue weighted by atomic mass is 16.7. The molecule has 1 aliphatic heterocycles. The fraction of sp³-hybridized carbons (Fsp3) is 1.00. The molecule has 2 N–H and O–H groups in total. The Hall–Kier alpha value is -0.160. The van der Waals surface area contributed by atoms with E-state index in [2.05, 4.69) is 11.8 Å². The van der Waals surface area contributed by atoms with Crippen molar-refractivity contribution in [3.05, 3.63) is 0 Å². The van der Waals surface area contributed by atoms with Crippen LogP contribution in [0.5, 0.6) is 0 Å². The predicted molar refractivity (Wildman–Crippen MR) is 56.0 cm³/mol. The summed E-state index contributed by atoms with van der Waals surface area (Å²) < 4.78 is 10.3. The number of rotatable bonds is 4. The Morgan fingerprint density at radius 1 is 1.43 bits per heavy atom. The Bertz CT molecular complexity index is 162. The minimum absolute atomic E-state index is 0.114. The molecule has 4 nitrogen and oxygen atoms in total. The minimum Gasteiger partial charge on any atom is -0.355 e. The summed E-state index contributed by atoms with van der Waals surface area (Å²) in [5.74, 6) is 0.568. The van der Waals surface area contributed by atoms with Gasteiger partial charge in [0.2, 0.25) is 0 Å². The molecule has 0 bridgehead atoms. The highest BCUT2D eigenvalue weighted by Crippen LogP contribution is 2.15. The molecule has 1 aliphatic rings. The second kappa shape index (κ2) is 5.66. The summed E-state index contributed by atoms with van der Waals surface area (Å²) in [5.41, 5.74) is 5.95. The third-order valence-electron chi connectivity index (χ3n) is 2.99. The highest BCUT2D eigenvalue weighted by Gasteiger charge is 2.24. The average Bonchev–Trinajstić information content (AvgIpc) is 2.19. The number of nitrogens with two attached hydrogens (primary N) is 1. The van der Waals surface area contributed by atoms with Gasteiger partial charge < -0.3 is 15.2 Å². The lowest BCUT2D eigenvalue weighted by atomic mass is 9.95. The summed E-state index contributed by atoms with van der Waals surface area (Å²) in [6.45, 7) is 5.13. The first kappa shape index (κ1) is 11.9. The molecular weight excluding hydrogens is 180 g/mol. The van der Waals surface area contributed by atoms with Gasteiger partial charge in [0.05, 0.1) is 0 Å². The van der Waals surface area contributed by atoms with Crippen LogP contribution in [0.15, 0.2) is 0 Å². The van der Waals surface area contributed by atoms with Crippen LogP contribution in [0.4, 0.5) is 0 Å². The van der Waals surface area contributed by atoms with Crippen molar-refractivity contribution in [2.24, 2.45) is 11.7 Å². The molecule has 84 valence electrons. The van der Waals surface area contributed by atoms with Gasteiger partial charge in [0.15, 0.2) is 6.29 Å². The molecule has 0 aromatic heterocycles. The second-order valence-electron chi connectivity index (χ2n) is 4.09. The predicted octanol–water partition coefficient (Wildman–Crippen LogP) is 0.274.